The number of aliphatic hydroxyl groups excluding tert-OH is 1. The Kier molecular flexibility index (Phi) is 6.59. The summed E-state index contributed by atoms with van der Waals surface area (Å²) in [6.07, 6.45) is 2.00. The minimum Gasteiger partial charge on any atom is -0.394 e. The Morgan fingerprint density at radius 2 is 1.96 bits per heavy atom. The molecule has 1 aliphatic rings. The summed E-state index contributed by atoms with van der Waals surface area (Å²) in [6, 6.07) is 5.51. The average Bonchev–Trinajstić information content (AvgIpc) is 3.01. The minimum atomic E-state index is -3.78. The molecule has 2 N–H and O–H groups in total. The SMILES string of the molecule is Cc1ccc(S(=O)(=O)N[C@@H](CC(C)C)C(=O)N2CCC[C@@H]2CO)cc1. The Bertz CT molecular complexity index is 686. The van der Waals surface area contributed by atoms with Crippen molar-refractivity contribution in [3.63, 3.8) is 0 Å². The second-order valence-electron chi connectivity index (χ2n) is 7.13. The van der Waals surface area contributed by atoms with Gasteiger partial charge in [0.15, 0.2) is 0 Å². The predicted molar refractivity (Wildman–Crippen MR) is 96.6 cm³/mol. The molecule has 0 bridgehead atoms. The lowest BCUT2D eigenvalue weighted by molar-refractivity contribution is -0.134. The van der Waals surface area contributed by atoms with Crippen molar-refractivity contribution in [2.75, 3.05) is 13.2 Å². The number of amides is 1. The van der Waals surface area contributed by atoms with Crippen LogP contribution in [-0.2, 0) is 14.8 Å². The summed E-state index contributed by atoms with van der Waals surface area (Å²) < 4.78 is 27.9. The fraction of sp³-hybridized carbons (Fsp3) is 0.611. The van der Waals surface area contributed by atoms with Crippen molar-refractivity contribution in [1.29, 1.82) is 0 Å². The summed E-state index contributed by atoms with van der Waals surface area (Å²) in [7, 11) is -3.78. The molecular formula is C18H28N2O4S. The highest BCUT2D eigenvalue weighted by Gasteiger charge is 2.35. The number of likely N-dealkylation sites (tertiary alicyclic amines) is 1. The molecule has 0 saturated carbocycles. The molecule has 0 aromatic heterocycles. The number of hydrogen-bond donors (Lipinski definition) is 2. The quantitative estimate of drug-likeness (QED) is 0.766. The van der Waals surface area contributed by atoms with Crippen molar-refractivity contribution in [1.82, 2.24) is 9.62 Å². The van der Waals surface area contributed by atoms with E-state index in [4.69, 9.17) is 0 Å². The van der Waals surface area contributed by atoms with Gasteiger partial charge in [0, 0.05) is 6.54 Å². The lowest BCUT2D eigenvalue weighted by Gasteiger charge is -2.29. The summed E-state index contributed by atoms with van der Waals surface area (Å²) in [6.45, 7) is 6.26. The van der Waals surface area contributed by atoms with Gasteiger partial charge in [0.2, 0.25) is 15.9 Å². The third-order valence-electron chi connectivity index (χ3n) is 4.50. The number of nitrogens with one attached hydrogen (secondary N) is 1. The van der Waals surface area contributed by atoms with Gasteiger partial charge >= 0.3 is 0 Å². The van der Waals surface area contributed by atoms with E-state index in [1.54, 1.807) is 29.2 Å². The van der Waals surface area contributed by atoms with Gasteiger partial charge in [-0.25, -0.2) is 8.42 Å². The molecule has 1 amide bonds. The maximum Gasteiger partial charge on any atom is 0.241 e. The van der Waals surface area contributed by atoms with Gasteiger partial charge in [0.05, 0.1) is 17.5 Å². The molecule has 7 heteroatoms. The first-order valence-corrected chi connectivity index (χ1v) is 10.2. The Morgan fingerprint density at radius 1 is 1.32 bits per heavy atom. The highest BCUT2D eigenvalue weighted by Crippen LogP contribution is 2.21. The molecule has 2 atom stereocenters. The first kappa shape index (κ1) is 19.9. The van der Waals surface area contributed by atoms with Crippen LogP contribution < -0.4 is 4.72 Å². The number of carbonyl (C=O) groups excluding carboxylic acids is 1. The summed E-state index contributed by atoms with van der Waals surface area (Å²) >= 11 is 0. The maximum absolute atomic E-state index is 12.9. The number of aryl methyl sites for hydroxylation is 1. The lowest BCUT2D eigenvalue weighted by atomic mass is 10.0. The summed E-state index contributed by atoms with van der Waals surface area (Å²) in [5.74, 6) is -0.0919. The first-order valence-electron chi connectivity index (χ1n) is 8.75. The van der Waals surface area contributed by atoms with Crippen LogP contribution in [0.3, 0.4) is 0 Å². The number of hydrogen-bond acceptors (Lipinski definition) is 4. The van der Waals surface area contributed by atoms with E-state index in [1.165, 1.54) is 0 Å². The molecule has 0 unspecified atom stereocenters. The van der Waals surface area contributed by atoms with E-state index < -0.39 is 16.1 Å². The van der Waals surface area contributed by atoms with Crippen LogP contribution in [0.2, 0.25) is 0 Å². The summed E-state index contributed by atoms with van der Waals surface area (Å²) in [4.78, 5) is 14.7. The number of rotatable bonds is 7. The molecule has 6 nitrogen and oxygen atoms in total. The highest BCUT2D eigenvalue weighted by atomic mass is 32.2. The average molecular weight is 368 g/mol. The molecule has 1 aromatic carbocycles. The van der Waals surface area contributed by atoms with E-state index in [1.807, 2.05) is 20.8 Å². The van der Waals surface area contributed by atoms with Gasteiger partial charge in [0.1, 0.15) is 6.04 Å². The van der Waals surface area contributed by atoms with Crippen LogP contribution in [-0.4, -0.2) is 49.6 Å². The van der Waals surface area contributed by atoms with E-state index in [0.717, 1.165) is 18.4 Å². The van der Waals surface area contributed by atoms with Gasteiger partial charge in [-0.1, -0.05) is 31.5 Å². The fourth-order valence-corrected chi connectivity index (χ4v) is 4.36. The fourth-order valence-electron chi connectivity index (χ4n) is 3.16. The van der Waals surface area contributed by atoms with E-state index in [2.05, 4.69) is 4.72 Å². The standard InChI is InChI=1S/C18H28N2O4S/c1-13(2)11-17(18(22)20-10-4-5-15(20)12-21)19-25(23,24)16-8-6-14(3)7-9-16/h6-9,13,15,17,19,21H,4-5,10-12H2,1-3H3/t15-,17+/m1/s1. The lowest BCUT2D eigenvalue weighted by Crippen LogP contribution is -2.51. The molecule has 0 radical (unpaired) electrons. The Labute approximate surface area is 150 Å². The van der Waals surface area contributed by atoms with Gasteiger partial charge in [-0.05, 0) is 44.2 Å². The van der Waals surface area contributed by atoms with Gasteiger partial charge in [0.25, 0.3) is 0 Å². The van der Waals surface area contributed by atoms with E-state index in [0.29, 0.717) is 13.0 Å². The van der Waals surface area contributed by atoms with Crippen LogP contribution >= 0.6 is 0 Å². The zero-order valence-electron chi connectivity index (χ0n) is 15.1. The molecule has 1 aliphatic heterocycles. The smallest absolute Gasteiger partial charge is 0.241 e. The zero-order valence-corrected chi connectivity index (χ0v) is 15.9. The Morgan fingerprint density at radius 3 is 2.52 bits per heavy atom. The number of benzene rings is 1. The molecule has 0 aliphatic carbocycles. The number of aliphatic hydroxyl groups is 1. The molecule has 1 heterocycles. The number of nitrogens with zero attached hydrogens (tertiary/aromatic N) is 1. The minimum absolute atomic E-state index is 0.0924. The Hall–Kier alpha value is -1.44. The van der Waals surface area contributed by atoms with Crippen LogP contribution in [0.25, 0.3) is 0 Å². The maximum atomic E-state index is 12.9. The van der Waals surface area contributed by atoms with Crippen LogP contribution in [0, 0.1) is 12.8 Å². The molecule has 1 fully saturated rings. The van der Waals surface area contributed by atoms with Crippen LogP contribution in [0.1, 0.15) is 38.7 Å². The molecule has 140 valence electrons. The van der Waals surface area contributed by atoms with E-state index >= 15 is 0 Å². The first-order chi connectivity index (χ1) is 11.7. The van der Waals surface area contributed by atoms with Crippen LogP contribution in [0.15, 0.2) is 29.2 Å². The van der Waals surface area contributed by atoms with Gasteiger partial charge in [-0.15, -0.1) is 0 Å². The van der Waals surface area contributed by atoms with E-state index in [9.17, 15) is 18.3 Å². The van der Waals surface area contributed by atoms with E-state index in [-0.39, 0.29) is 29.4 Å². The van der Waals surface area contributed by atoms with Gasteiger partial charge in [-0.3, -0.25) is 4.79 Å². The van der Waals surface area contributed by atoms with Crippen molar-refractivity contribution in [3.8, 4) is 0 Å². The molecule has 0 spiro atoms. The highest BCUT2D eigenvalue weighted by molar-refractivity contribution is 7.89. The number of sulfonamides is 1. The predicted octanol–water partition coefficient (Wildman–Crippen LogP) is 1.67. The second-order valence-corrected chi connectivity index (χ2v) is 8.84. The number of carbonyl (C=O) groups is 1. The normalized spacial score (nSPS) is 19.4. The van der Waals surface area contributed by atoms with Crippen molar-refractivity contribution < 1.29 is 18.3 Å². The summed E-state index contributed by atoms with van der Waals surface area (Å²) in [5.41, 5.74) is 0.969. The third kappa shape index (κ3) is 5.03. The van der Waals surface area contributed by atoms with Crippen molar-refractivity contribution >= 4 is 15.9 Å². The van der Waals surface area contributed by atoms with Gasteiger partial charge in [-0.2, -0.15) is 4.72 Å². The molecular weight excluding hydrogens is 340 g/mol. The molecule has 25 heavy (non-hydrogen) atoms. The topological polar surface area (TPSA) is 86.7 Å². The molecule has 1 aromatic rings. The largest absolute Gasteiger partial charge is 0.394 e. The van der Waals surface area contributed by atoms with Crippen molar-refractivity contribution in [2.24, 2.45) is 5.92 Å². The summed E-state index contributed by atoms with van der Waals surface area (Å²) in [5, 5.41) is 9.45. The van der Waals surface area contributed by atoms with Crippen molar-refractivity contribution in [3.05, 3.63) is 29.8 Å². The molecule has 1 saturated heterocycles. The second kappa shape index (κ2) is 8.29. The Balaban J connectivity index is 2.22. The van der Waals surface area contributed by atoms with Crippen LogP contribution in [0.4, 0.5) is 0 Å². The monoisotopic (exact) mass is 368 g/mol. The molecule has 2 rings (SSSR count). The third-order valence-corrected chi connectivity index (χ3v) is 5.99. The zero-order chi connectivity index (χ0) is 18.6. The van der Waals surface area contributed by atoms with Crippen molar-refractivity contribution in [2.45, 2.75) is 57.0 Å². The van der Waals surface area contributed by atoms with Crippen LogP contribution in [0.5, 0.6) is 0 Å². The van der Waals surface area contributed by atoms with Gasteiger partial charge < -0.3 is 10.0 Å².